The highest BCUT2D eigenvalue weighted by molar-refractivity contribution is 6.04. The molecular formula is C17H18N6O3. The number of ether oxygens (including phenoxy) is 1. The van der Waals surface area contributed by atoms with E-state index in [1.165, 1.54) is 29.2 Å². The Kier molecular flexibility index (Phi) is 4.78. The number of hydrogen-bond donors (Lipinski definition) is 2. The van der Waals surface area contributed by atoms with Crippen molar-refractivity contribution in [3.05, 3.63) is 58.3 Å². The summed E-state index contributed by atoms with van der Waals surface area (Å²) in [6.45, 7) is 5.57. The van der Waals surface area contributed by atoms with E-state index < -0.39 is 0 Å². The molecule has 0 atom stereocenters. The van der Waals surface area contributed by atoms with Crippen molar-refractivity contribution < 1.29 is 9.53 Å². The molecule has 3 rings (SSSR count). The molecule has 0 aromatic carbocycles. The molecule has 134 valence electrons. The van der Waals surface area contributed by atoms with Crippen LogP contribution in [-0.2, 0) is 0 Å². The molecule has 0 saturated heterocycles. The van der Waals surface area contributed by atoms with Gasteiger partial charge in [0.25, 0.3) is 11.5 Å². The minimum atomic E-state index is -0.322. The smallest absolute Gasteiger partial charge is 0.264 e. The highest BCUT2D eigenvalue weighted by Gasteiger charge is 2.16. The maximum absolute atomic E-state index is 12.5. The lowest BCUT2D eigenvalue weighted by Crippen LogP contribution is -2.14. The summed E-state index contributed by atoms with van der Waals surface area (Å²) in [7, 11) is 0. The van der Waals surface area contributed by atoms with Gasteiger partial charge in [0.05, 0.1) is 35.4 Å². The number of nitrogens with zero attached hydrogens (tertiary/aromatic N) is 4. The molecule has 3 aromatic heterocycles. The van der Waals surface area contributed by atoms with E-state index in [0.717, 1.165) is 0 Å². The number of H-pyrrole nitrogens is 1. The van der Waals surface area contributed by atoms with Crippen molar-refractivity contribution in [3.8, 4) is 11.7 Å². The summed E-state index contributed by atoms with van der Waals surface area (Å²) in [5.74, 6) is 0.585. The molecule has 3 heterocycles. The van der Waals surface area contributed by atoms with Crippen LogP contribution in [0, 0.1) is 6.92 Å². The second kappa shape index (κ2) is 7.18. The van der Waals surface area contributed by atoms with Gasteiger partial charge in [0.15, 0.2) is 5.82 Å². The predicted molar refractivity (Wildman–Crippen MR) is 94.7 cm³/mol. The van der Waals surface area contributed by atoms with E-state index >= 15 is 0 Å². The van der Waals surface area contributed by atoms with Gasteiger partial charge in [-0.05, 0) is 32.9 Å². The Balaban J connectivity index is 1.76. The minimum Gasteiger partial charge on any atom is -0.475 e. The molecule has 0 aliphatic carbocycles. The summed E-state index contributed by atoms with van der Waals surface area (Å²) in [6, 6.07) is 6.27. The van der Waals surface area contributed by atoms with Gasteiger partial charge < -0.3 is 10.1 Å². The van der Waals surface area contributed by atoms with Gasteiger partial charge in [-0.3, -0.25) is 9.59 Å². The zero-order valence-electron chi connectivity index (χ0n) is 14.6. The van der Waals surface area contributed by atoms with Crippen molar-refractivity contribution in [1.82, 2.24) is 25.0 Å². The summed E-state index contributed by atoms with van der Waals surface area (Å²) in [5.41, 5.74) is 1.21. The third-order valence-corrected chi connectivity index (χ3v) is 3.49. The van der Waals surface area contributed by atoms with Crippen LogP contribution < -0.4 is 15.6 Å². The Hall–Kier alpha value is -3.49. The molecule has 0 bridgehead atoms. The summed E-state index contributed by atoms with van der Waals surface area (Å²) < 4.78 is 6.94. The number of carbonyl (C=O) groups is 1. The zero-order chi connectivity index (χ0) is 18.7. The van der Waals surface area contributed by atoms with Gasteiger partial charge in [-0.1, -0.05) is 0 Å². The van der Waals surface area contributed by atoms with Gasteiger partial charge in [-0.25, -0.2) is 14.8 Å². The SMILES string of the molecule is Cc1c(C(=O)Nc2ccc(OC(C)C)nc2)cnn1-c1ccc(=O)[nH]n1. The van der Waals surface area contributed by atoms with Crippen LogP contribution in [-0.4, -0.2) is 37.0 Å². The second-order valence-corrected chi connectivity index (χ2v) is 5.84. The number of anilines is 1. The molecule has 1 amide bonds. The molecule has 0 aliphatic heterocycles. The Labute approximate surface area is 149 Å². The predicted octanol–water partition coefficient (Wildman–Crippen LogP) is 1.70. The monoisotopic (exact) mass is 354 g/mol. The van der Waals surface area contributed by atoms with E-state index in [0.29, 0.717) is 28.6 Å². The number of rotatable bonds is 5. The third kappa shape index (κ3) is 3.77. The summed E-state index contributed by atoms with van der Waals surface area (Å²) in [5, 5.41) is 13.2. The van der Waals surface area contributed by atoms with E-state index in [9.17, 15) is 9.59 Å². The van der Waals surface area contributed by atoms with Gasteiger partial charge in [-0.15, -0.1) is 0 Å². The molecule has 26 heavy (non-hydrogen) atoms. The van der Waals surface area contributed by atoms with Crippen LogP contribution in [0.3, 0.4) is 0 Å². The Morgan fingerprint density at radius 2 is 2.04 bits per heavy atom. The van der Waals surface area contributed by atoms with Gasteiger partial charge in [0.2, 0.25) is 5.88 Å². The Morgan fingerprint density at radius 1 is 1.23 bits per heavy atom. The van der Waals surface area contributed by atoms with Gasteiger partial charge >= 0.3 is 0 Å². The summed E-state index contributed by atoms with van der Waals surface area (Å²) in [4.78, 5) is 27.8. The number of aromatic nitrogens is 5. The van der Waals surface area contributed by atoms with E-state index in [4.69, 9.17) is 4.74 Å². The zero-order valence-corrected chi connectivity index (χ0v) is 14.6. The number of hydrogen-bond acceptors (Lipinski definition) is 6. The normalized spacial score (nSPS) is 10.8. The first-order valence-electron chi connectivity index (χ1n) is 7.99. The van der Waals surface area contributed by atoms with Crippen molar-refractivity contribution in [3.63, 3.8) is 0 Å². The lowest BCUT2D eigenvalue weighted by Gasteiger charge is -2.09. The van der Waals surface area contributed by atoms with Gasteiger partial charge in [0.1, 0.15) is 0 Å². The number of aromatic amines is 1. The molecule has 0 unspecified atom stereocenters. The molecule has 9 nitrogen and oxygen atoms in total. The molecule has 0 aliphatic rings. The van der Waals surface area contributed by atoms with Crippen molar-refractivity contribution in [2.24, 2.45) is 0 Å². The number of pyridine rings is 1. The fourth-order valence-corrected chi connectivity index (χ4v) is 2.28. The van der Waals surface area contributed by atoms with Crippen molar-refractivity contribution in [1.29, 1.82) is 0 Å². The first-order valence-corrected chi connectivity index (χ1v) is 7.99. The standard InChI is InChI=1S/C17H18N6O3/c1-10(2)26-16-7-4-12(8-18-16)20-17(25)13-9-19-23(11(13)3)14-5-6-15(24)22-21-14/h4-10H,1-3H3,(H,20,25)(H,22,24). The van der Waals surface area contributed by atoms with Crippen LogP contribution in [0.2, 0.25) is 0 Å². The average molecular weight is 354 g/mol. The van der Waals surface area contributed by atoms with Crippen LogP contribution in [0.4, 0.5) is 5.69 Å². The quantitative estimate of drug-likeness (QED) is 0.721. The van der Waals surface area contributed by atoms with Crippen molar-refractivity contribution >= 4 is 11.6 Å². The molecular weight excluding hydrogens is 336 g/mol. The Morgan fingerprint density at radius 3 is 2.65 bits per heavy atom. The second-order valence-electron chi connectivity index (χ2n) is 5.84. The molecule has 9 heteroatoms. The molecule has 0 radical (unpaired) electrons. The third-order valence-electron chi connectivity index (χ3n) is 3.49. The van der Waals surface area contributed by atoms with E-state index in [2.05, 4.69) is 25.6 Å². The highest BCUT2D eigenvalue weighted by atomic mass is 16.5. The van der Waals surface area contributed by atoms with Crippen molar-refractivity contribution in [2.75, 3.05) is 5.32 Å². The minimum absolute atomic E-state index is 0.0259. The summed E-state index contributed by atoms with van der Waals surface area (Å²) in [6.07, 6.45) is 3.00. The molecule has 0 saturated carbocycles. The van der Waals surface area contributed by atoms with Crippen LogP contribution in [0.25, 0.3) is 5.82 Å². The largest absolute Gasteiger partial charge is 0.475 e. The molecule has 3 aromatic rings. The highest BCUT2D eigenvalue weighted by Crippen LogP contribution is 2.16. The first kappa shape index (κ1) is 17.3. The summed E-state index contributed by atoms with van der Waals surface area (Å²) >= 11 is 0. The van der Waals surface area contributed by atoms with E-state index in [1.54, 1.807) is 19.1 Å². The topological polar surface area (TPSA) is 115 Å². The van der Waals surface area contributed by atoms with Crippen LogP contribution >= 0.6 is 0 Å². The number of carbonyl (C=O) groups excluding carboxylic acids is 1. The Bertz CT molecular complexity index is 954. The number of nitrogens with one attached hydrogen (secondary N) is 2. The molecule has 0 fully saturated rings. The van der Waals surface area contributed by atoms with Crippen LogP contribution in [0.5, 0.6) is 5.88 Å². The van der Waals surface area contributed by atoms with Crippen LogP contribution in [0.1, 0.15) is 29.9 Å². The maximum Gasteiger partial charge on any atom is 0.264 e. The van der Waals surface area contributed by atoms with E-state index in [1.807, 2.05) is 13.8 Å². The average Bonchev–Trinajstić information content (AvgIpc) is 2.98. The lowest BCUT2D eigenvalue weighted by molar-refractivity contribution is 0.102. The van der Waals surface area contributed by atoms with Gasteiger partial charge in [-0.2, -0.15) is 10.2 Å². The van der Waals surface area contributed by atoms with E-state index in [-0.39, 0.29) is 17.6 Å². The fraction of sp³-hybridized carbons (Fsp3) is 0.235. The molecule has 2 N–H and O–H groups in total. The van der Waals surface area contributed by atoms with Crippen molar-refractivity contribution in [2.45, 2.75) is 26.9 Å². The van der Waals surface area contributed by atoms with Crippen LogP contribution in [0.15, 0.2) is 41.5 Å². The van der Waals surface area contributed by atoms with Gasteiger partial charge in [0, 0.05) is 12.1 Å². The first-order chi connectivity index (χ1) is 12.4. The maximum atomic E-state index is 12.5. The lowest BCUT2D eigenvalue weighted by atomic mass is 10.2. The fourth-order valence-electron chi connectivity index (χ4n) is 2.28. The molecule has 0 spiro atoms. The number of amides is 1.